The number of carbonyl (C=O) groups is 1. The van der Waals surface area contributed by atoms with Gasteiger partial charge in [-0.15, -0.1) is 6.42 Å². The topological polar surface area (TPSA) is 20.3 Å². The molecule has 0 aromatic heterocycles. The van der Waals surface area contributed by atoms with Gasteiger partial charge in [-0.25, -0.2) is 0 Å². The van der Waals surface area contributed by atoms with Gasteiger partial charge < -0.3 is 4.90 Å². The highest BCUT2D eigenvalue weighted by molar-refractivity contribution is 5.80. The third-order valence-electron chi connectivity index (χ3n) is 1.14. The Hall–Kier alpha value is -0.810. The first-order valence-electron chi connectivity index (χ1n) is 3.26. The van der Waals surface area contributed by atoms with Gasteiger partial charge in [-0.3, -0.25) is 4.79 Å². The van der Waals surface area contributed by atoms with Crippen molar-refractivity contribution in [3.8, 4) is 12.3 Å². The Morgan fingerprint density at radius 1 is 1.60 bits per heavy atom. The highest BCUT2D eigenvalue weighted by Crippen LogP contribution is 1.89. The van der Waals surface area contributed by atoms with Crippen molar-refractivity contribution in [3.05, 3.63) is 0 Å². The number of ketones is 1. The summed E-state index contributed by atoms with van der Waals surface area (Å²) in [6, 6.07) is 0. The van der Waals surface area contributed by atoms with Gasteiger partial charge in [0.2, 0.25) is 0 Å². The van der Waals surface area contributed by atoms with Gasteiger partial charge in [0.25, 0.3) is 0 Å². The molecule has 0 aliphatic carbocycles. The maximum atomic E-state index is 10.8. The van der Waals surface area contributed by atoms with Crippen molar-refractivity contribution in [2.75, 3.05) is 20.6 Å². The molecule has 0 amide bonds. The van der Waals surface area contributed by atoms with Crippen molar-refractivity contribution in [1.29, 1.82) is 0 Å². The summed E-state index contributed by atoms with van der Waals surface area (Å²) in [4.78, 5) is 12.7. The predicted molar refractivity (Wildman–Crippen MR) is 41.6 cm³/mol. The molecule has 0 unspecified atom stereocenters. The second-order valence-electron chi connectivity index (χ2n) is 2.47. The van der Waals surface area contributed by atoms with Crippen LogP contribution in [0.5, 0.6) is 0 Å². The van der Waals surface area contributed by atoms with Crippen LogP contribution in [0.3, 0.4) is 0 Å². The molecule has 10 heavy (non-hydrogen) atoms. The van der Waals surface area contributed by atoms with Crippen LogP contribution in [0.1, 0.15) is 12.8 Å². The van der Waals surface area contributed by atoms with Crippen molar-refractivity contribution in [2.24, 2.45) is 0 Å². The summed E-state index contributed by atoms with van der Waals surface area (Å²) >= 11 is 0. The highest BCUT2D eigenvalue weighted by atomic mass is 16.1. The van der Waals surface area contributed by atoms with Gasteiger partial charge in [0.15, 0.2) is 0 Å². The van der Waals surface area contributed by atoms with E-state index in [0.717, 1.165) is 6.54 Å². The minimum absolute atomic E-state index is 0.149. The predicted octanol–water partition coefficient (Wildman–Crippen LogP) is 0.530. The largest absolute Gasteiger partial charge is 0.309 e. The summed E-state index contributed by atoms with van der Waals surface area (Å²) < 4.78 is 0. The lowest BCUT2D eigenvalue weighted by Crippen LogP contribution is -2.16. The van der Waals surface area contributed by atoms with Gasteiger partial charge in [0.1, 0.15) is 5.78 Å². The van der Waals surface area contributed by atoms with E-state index >= 15 is 0 Å². The number of rotatable bonds is 4. The van der Waals surface area contributed by atoms with E-state index in [1.807, 2.05) is 19.0 Å². The van der Waals surface area contributed by atoms with Crippen LogP contribution in [0.4, 0.5) is 0 Å². The van der Waals surface area contributed by atoms with Crippen molar-refractivity contribution >= 4 is 5.78 Å². The number of terminal acetylenes is 1. The lowest BCUT2D eigenvalue weighted by atomic mass is 10.2. The van der Waals surface area contributed by atoms with Crippen molar-refractivity contribution in [1.82, 2.24) is 4.90 Å². The van der Waals surface area contributed by atoms with Crippen LogP contribution in [0, 0.1) is 12.3 Å². The molecule has 0 aromatic rings. The highest BCUT2D eigenvalue weighted by Gasteiger charge is 1.98. The Labute approximate surface area is 62.2 Å². The molecule has 0 fully saturated rings. The molecule has 0 saturated carbocycles. The summed E-state index contributed by atoms with van der Waals surface area (Å²) in [5.41, 5.74) is 0. The van der Waals surface area contributed by atoms with Gasteiger partial charge in [-0.1, -0.05) is 5.92 Å². The van der Waals surface area contributed by atoms with Crippen LogP contribution in [-0.4, -0.2) is 31.3 Å². The molecular weight excluding hydrogens is 126 g/mol. The lowest BCUT2D eigenvalue weighted by Gasteiger charge is -2.06. The fourth-order valence-corrected chi connectivity index (χ4v) is 0.551. The smallest absolute Gasteiger partial charge is 0.146 e. The van der Waals surface area contributed by atoms with Gasteiger partial charge in [0, 0.05) is 13.0 Å². The van der Waals surface area contributed by atoms with E-state index in [9.17, 15) is 4.79 Å². The average Bonchev–Trinajstić information content (AvgIpc) is 1.85. The van der Waals surface area contributed by atoms with Gasteiger partial charge in [-0.05, 0) is 14.1 Å². The molecule has 0 aromatic carbocycles. The molecule has 2 heteroatoms. The van der Waals surface area contributed by atoms with Gasteiger partial charge >= 0.3 is 0 Å². The molecule has 0 atom stereocenters. The first-order chi connectivity index (χ1) is 4.66. The van der Waals surface area contributed by atoms with Crippen LogP contribution < -0.4 is 0 Å². The Kier molecular flexibility index (Phi) is 4.61. The molecule has 2 nitrogen and oxygen atoms in total. The van der Waals surface area contributed by atoms with E-state index in [1.165, 1.54) is 0 Å². The van der Waals surface area contributed by atoms with Gasteiger partial charge in [-0.2, -0.15) is 0 Å². The average molecular weight is 139 g/mol. The van der Waals surface area contributed by atoms with Crippen LogP contribution >= 0.6 is 0 Å². The maximum Gasteiger partial charge on any atom is 0.146 e. The number of hydrogen-bond donors (Lipinski definition) is 0. The molecular formula is C8H13NO. The van der Waals surface area contributed by atoms with Crippen LogP contribution in [0.25, 0.3) is 0 Å². The fraction of sp³-hybridized carbons (Fsp3) is 0.625. The van der Waals surface area contributed by atoms with E-state index in [4.69, 9.17) is 6.42 Å². The quantitative estimate of drug-likeness (QED) is 0.529. The van der Waals surface area contributed by atoms with Crippen LogP contribution in [0.2, 0.25) is 0 Å². The molecule has 0 rings (SSSR count). The second-order valence-corrected chi connectivity index (χ2v) is 2.47. The molecule has 0 aliphatic heterocycles. The fourth-order valence-electron chi connectivity index (χ4n) is 0.551. The summed E-state index contributed by atoms with van der Waals surface area (Å²) in [6.45, 7) is 0.792. The molecule has 0 heterocycles. The number of nitrogens with zero attached hydrogens (tertiary/aromatic N) is 1. The molecule has 0 bridgehead atoms. The first kappa shape index (κ1) is 9.19. The van der Waals surface area contributed by atoms with Crippen molar-refractivity contribution < 1.29 is 4.79 Å². The summed E-state index contributed by atoms with van der Waals surface area (Å²) in [6.07, 6.45) is 5.79. The number of hydrogen-bond acceptors (Lipinski definition) is 2. The Balaban J connectivity index is 3.33. The standard InChI is InChI=1S/C8H13NO/c1-4-5-8(10)6-7-9(2)3/h1H,5-7H2,2-3H3. The summed E-state index contributed by atoms with van der Waals surface area (Å²) in [5, 5.41) is 0. The van der Waals surface area contributed by atoms with E-state index in [0.29, 0.717) is 6.42 Å². The molecule has 56 valence electrons. The number of Topliss-reactive ketones (excluding diaryl/α,β-unsaturated/α-hetero) is 1. The normalized spacial score (nSPS) is 9.40. The molecule has 0 spiro atoms. The minimum atomic E-state index is 0.149. The third kappa shape index (κ3) is 5.33. The van der Waals surface area contributed by atoms with Crippen molar-refractivity contribution in [2.45, 2.75) is 12.8 Å². The molecule has 0 aliphatic rings. The molecule has 0 N–H and O–H groups in total. The zero-order valence-electron chi connectivity index (χ0n) is 6.55. The summed E-state index contributed by atoms with van der Waals surface area (Å²) in [5.74, 6) is 2.47. The maximum absolute atomic E-state index is 10.8. The minimum Gasteiger partial charge on any atom is -0.309 e. The Bertz CT molecular complexity index is 144. The second kappa shape index (κ2) is 5.01. The first-order valence-corrected chi connectivity index (χ1v) is 3.26. The Morgan fingerprint density at radius 3 is 2.60 bits per heavy atom. The third-order valence-corrected chi connectivity index (χ3v) is 1.14. The summed E-state index contributed by atoms with van der Waals surface area (Å²) in [7, 11) is 3.87. The molecule has 0 radical (unpaired) electrons. The SMILES string of the molecule is C#CCC(=O)CCN(C)C. The van der Waals surface area contributed by atoms with Crippen molar-refractivity contribution in [3.63, 3.8) is 0 Å². The zero-order chi connectivity index (χ0) is 7.98. The number of carbonyl (C=O) groups excluding carboxylic acids is 1. The zero-order valence-corrected chi connectivity index (χ0v) is 6.55. The van der Waals surface area contributed by atoms with Crippen LogP contribution in [0.15, 0.2) is 0 Å². The van der Waals surface area contributed by atoms with E-state index < -0.39 is 0 Å². The van der Waals surface area contributed by atoms with E-state index in [-0.39, 0.29) is 12.2 Å². The van der Waals surface area contributed by atoms with E-state index in [2.05, 4.69) is 5.92 Å². The molecule has 0 saturated heterocycles. The van der Waals surface area contributed by atoms with Gasteiger partial charge in [0.05, 0.1) is 6.42 Å². The van der Waals surface area contributed by atoms with E-state index in [1.54, 1.807) is 0 Å². The Morgan fingerprint density at radius 2 is 2.20 bits per heavy atom. The monoisotopic (exact) mass is 139 g/mol. The lowest BCUT2D eigenvalue weighted by molar-refractivity contribution is -0.118. The van der Waals surface area contributed by atoms with Crippen LogP contribution in [-0.2, 0) is 4.79 Å².